The SMILES string of the molecule is CCO[C@H](CN)Cc1ccc(OCCc2nc(-c3ccccc3)oc2C)cc1. The van der Waals surface area contributed by atoms with Crippen molar-refractivity contribution in [2.75, 3.05) is 19.8 Å². The topological polar surface area (TPSA) is 70.5 Å². The van der Waals surface area contributed by atoms with E-state index >= 15 is 0 Å². The number of aromatic nitrogens is 1. The molecule has 0 saturated carbocycles. The van der Waals surface area contributed by atoms with Gasteiger partial charge in [-0.3, -0.25) is 0 Å². The van der Waals surface area contributed by atoms with Crippen LogP contribution in [-0.4, -0.2) is 30.8 Å². The first-order valence-corrected chi connectivity index (χ1v) is 9.74. The van der Waals surface area contributed by atoms with Crippen molar-refractivity contribution in [1.29, 1.82) is 0 Å². The predicted octanol–water partition coefficient (Wildman–Crippen LogP) is 4.18. The molecule has 2 N–H and O–H groups in total. The van der Waals surface area contributed by atoms with Crippen molar-refractivity contribution < 1.29 is 13.9 Å². The summed E-state index contributed by atoms with van der Waals surface area (Å²) in [6.45, 7) is 5.67. The van der Waals surface area contributed by atoms with Crippen LogP contribution < -0.4 is 10.5 Å². The zero-order chi connectivity index (χ0) is 19.8. The van der Waals surface area contributed by atoms with Gasteiger partial charge in [0.25, 0.3) is 0 Å². The van der Waals surface area contributed by atoms with Crippen molar-refractivity contribution in [1.82, 2.24) is 4.98 Å². The third kappa shape index (κ3) is 5.44. The van der Waals surface area contributed by atoms with E-state index in [1.165, 1.54) is 5.56 Å². The van der Waals surface area contributed by atoms with Crippen molar-refractivity contribution in [3.05, 3.63) is 71.6 Å². The molecule has 1 atom stereocenters. The predicted molar refractivity (Wildman–Crippen MR) is 110 cm³/mol. The molecule has 0 fully saturated rings. The minimum Gasteiger partial charge on any atom is -0.493 e. The number of nitrogens with zero attached hydrogens (tertiary/aromatic N) is 1. The summed E-state index contributed by atoms with van der Waals surface area (Å²) in [7, 11) is 0. The number of hydrogen-bond donors (Lipinski definition) is 1. The maximum absolute atomic E-state index is 5.88. The van der Waals surface area contributed by atoms with Crippen molar-refractivity contribution in [2.45, 2.75) is 32.8 Å². The lowest BCUT2D eigenvalue weighted by Gasteiger charge is -2.15. The smallest absolute Gasteiger partial charge is 0.226 e. The first-order valence-electron chi connectivity index (χ1n) is 9.74. The largest absolute Gasteiger partial charge is 0.493 e. The van der Waals surface area contributed by atoms with Crippen molar-refractivity contribution in [2.24, 2.45) is 5.73 Å². The van der Waals surface area contributed by atoms with Gasteiger partial charge in [0.1, 0.15) is 11.5 Å². The monoisotopic (exact) mass is 380 g/mol. The van der Waals surface area contributed by atoms with E-state index in [2.05, 4.69) is 17.1 Å². The molecule has 3 aromatic rings. The minimum absolute atomic E-state index is 0.0609. The van der Waals surface area contributed by atoms with Crippen LogP contribution in [0.5, 0.6) is 5.75 Å². The average Bonchev–Trinajstić information content (AvgIpc) is 3.10. The van der Waals surface area contributed by atoms with Gasteiger partial charge in [-0.05, 0) is 50.1 Å². The summed E-state index contributed by atoms with van der Waals surface area (Å²) in [5.41, 5.74) is 8.85. The Hall–Kier alpha value is -2.63. The molecule has 5 heteroatoms. The second-order valence-electron chi connectivity index (χ2n) is 6.65. The standard InChI is InChI=1S/C23H28N2O3/c1-3-26-21(16-24)15-18-9-11-20(12-10-18)27-14-13-22-17(2)28-23(25-22)19-7-5-4-6-8-19/h4-12,21H,3,13-16,24H2,1-2H3/t21-/m0/s1. The lowest BCUT2D eigenvalue weighted by molar-refractivity contribution is 0.0694. The summed E-state index contributed by atoms with van der Waals surface area (Å²) in [4.78, 5) is 4.61. The van der Waals surface area contributed by atoms with Gasteiger partial charge in [0, 0.05) is 25.1 Å². The molecule has 0 bridgehead atoms. The van der Waals surface area contributed by atoms with Crippen LogP contribution in [0.3, 0.4) is 0 Å². The minimum atomic E-state index is 0.0609. The fourth-order valence-corrected chi connectivity index (χ4v) is 3.06. The van der Waals surface area contributed by atoms with Gasteiger partial charge >= 0.3 is 0 Å². The Morgan fingerprint density at radius 3 is 2.50 bits per heavy atom. The van der Waals surface area contributed by atoms with E-state index in [-0.39, 0.29) is 6.10 Å². The van der Waals surface area contributed by atoms with E-state index < -0.39 is 0 Å². The highest BCUT2D eigenvalue weighted by Gasteiger charge is 2.11. The summed E-state index contributed by atoms with van der Waals surface area (Å²) >= 11 is 0. The Bertz CT molecular complexity index is 844. The first-order chi connectivity index (χ1) is 13.7. The van der Waals surface area contributed by atoms with Gasteiger partial charge in [-0.2, -0.15) is 0 Å². The lowest BCUT2D eigenvalue weighted by atomic mass is 10.1. The third-order valence-corrected chi connectivity index (χ3v) is 4.57. The normalized spacial score (nSPS) is 12.1. The van der Waals surface area contributed by atoms with E-state index in [1.807, 2.05) is 56.3 Å². The maximum atomic E-state index is 5.88. The first kappa shape index (κ1) is 20.1. The van der Waals surface area contributed by atoms with Crippen LogP contribution in [0.2, 0.25) is 0 Å². The highest BCUT2D eigenvalue weighted by atomic mass is 16.5. The summed E-state index contributed by atoms with van der Waals surface area (Å²) in [6, 6.07) is 18.0. The van der Waals surface area contributed by atoms with Crippen LogP contribution in [0, 0.1) is 6.92 Å². The fraction of sp³-hybridized carbons (Fsp3) is 0.348. The second-order valence-corrected chi connectivity index (χ2v) is 6.65. The van der Waals surface area contributed by atoms with Gasteiger partial charge in [-0.15, -0.1) is 0 Å². The van der Waals surface area contributed by atoms with Gasteiger partial charge in [0.15, 0.2) is 0 Å². The second kappa shape index (κ2) is 10.1. The van der Waals surface area contributed by atoms with E-state index in [0.29, 0.717) is 32.1 Å². The van der Waals surface area contributed by atoms with Crippen molar-refractivity contribution in [3.8, 4) is 17.2 Å². The molecule has 0 radical (unpaired) electrons. The highest BCUT2D eigenvalue weighted by molar-refractivity contribution is 5.53. The number of benzene rings is 2. The van der Waals surface area contributed by atoms with E-state index in [9.17, 15) is 0 Å². The molecular weight excluding hydrogens is 352 g/mol. The Morgan fingerprint density at radius 1 is 1.07 bits per heavy atom. The van der Waals surface area contributed by atoms with Crippen LogP contribution in [0.1, 0.15) is 23.9 Å². The summed E-state index contributed by atoms with van der Waals surface area (Å²) < 4.78 is 17.3. The maximum Gasteiger partial charge on any atom is 0.226 e. The molecule has 2 aromatic carbocycles. The van der Waals surface area contributed by atoms with Crippen molar-refractivity contribution in [3.63, 3.8) is 0 Å². The highest BCUT2D eigenvalue weighted by Crippen LogP contribution is 2.22. The molecule has 0 amide bonds. The van der Waals surface area contributed by atoms with Gasteiger partial charge in [-0.1, -0.05) is 30.3 Å². The molecule has 0 aliphatic rings. The van der Waals surface area contributed by atoms with E-state index in [0.717, 1.165) is 29.2 Å². The van der Waals surface area contributed by atoms with Crippen LogP contribution in [0.15, 0.2) is 59.0 Å². The molecule has 148 valence electrons. The number of hydrogen-bond acceptors (Lipinski definition) is 5. The quantitative estimate of drug-likeness (QED) is 0.571. The number of nitrogens with two attached hydrogens (primary N) is 1. The van der Waals surface area contributed by atoms with Crippen LogP contribution in [0.25, 0.3) is 11.5 Å². The van der Waals surface area contributed by atoms with Gasteiger partial charge in [0.05, 0.1) is 18.4 Å². The lowest BCUT2D eigenvalue weighted by Crippen LogP contribution is -2.26. The molecule has 5 nitrogen and oxygen atoms in total. The Morgan fingerprint density at radius 2 is 1.82 bits per heavy atom. The zero-order valence-corrected chi connectivity index (χ0v) is 16.6. The Labute approximate surface area is 166 Å². The molecule has 1 aromatic heterocycles. The molecule has 3 rings (SSSR count). The number of oxazole rings is 1. The van der Waals surface area contributed by atoms with Crippen LogP contribution in [-0.2, 0) is 17.6 Å². The van der Waals surface area contributed by atoms with Gasteiger partial charge in [0.2, 0.25) is 5.89 Å². The number of aryl methyl sites for hydroxylation is 1. The molecule has 0 unspecified atom stereocenters. The fourth-order valence-electron chi connectivity index (χ4n) is 3.06. The molecule has 0 aliphatic heterocycles. The molecule has 0 saturated heterocycles. The van der Waals surface area contributed by atoms with Gasteiger partial charge in [-0.25, -0.2) is 4.98 Å². The molecule has 0 aliphatic carbocycles. The average molecular weight is 380 g/mol. The molecule has 28 heavy (non-hydrogen) atoms. The molecule has 1 heterocycles. The van der Waals surface area contributed by atoms with E-state index in [4.69, 9.17) is 19.6 Å². The Kier molecular flexibility index (Phi) is 7.23. The van der Waals surface area contributed by atoms with Crippen molar-refractivity contribution >= 4 is 0 Å². The summed E-state index contributed by atoms with van der Waals surface area (Å²) in [5, 5.41) is 0. The Balaban J connectivity index is 1.52. The number of rotatable bonds is 10. The van der Waals surface area contributed by atoms with Crippen LogP contribution in [0.4, 0.5) is 0 Å². The third-order valence-electron chi connectivity index (χ3n) is 4.57. The van der Waals surface area contributed by atoms with E-state index in [1.54, 1.807) is 0 Å². The summed E-state index contributed by atoms with van der Waals surface area (Å²) in [6.07, 6.45) is 1.57. The summed E-state index contributed by atoms with van der Waals surface area (Å²) in [5.74, 6) is 2.33. The number of ether oxygens (including phenoxy) is 2. The van der Waals surface area contributed by atoms with Crippen LogP contribution >= 0.6 is 0 Å². The van der Waals surface area contributed by atoms with Gasteiger partial charge < -0.3 is 19.6 Å². The molecule has 0 spiro atoms. The zero-order valence-electron chi connectivity index (χ0n) is 16.6. The molecular formula is C23H28N2O3.